The summed E-state index contributed by atoms with van der Waals surface area (Å²) in [4.78, 5) is 44.6. The Bertz CT molecular complexity index is 862. The molecule has 0 bridgehead atoms. The first-order chi connectivity index (χ1) is 16.2. The average Bonchev–Trinajstić information content (AvgIpc) is 3.15. The molecule has 4 rings (SSSR count). The Kier molecular flexibility index (Phi) is 7.20. The van der Waals surface area contributed by atoms with Crippen molar-refractivity contribution in [1.82, 2.24) is 9.80 Å². The average molecular weight is 475 g/mol. The molecule has 0 aromatic heterocycles. The van der Waals surface area contributed by atoms with E-state index in [1.165, 1.54) is 0 Å². The number of hydrogen-bond acceptors (Lipinski definition) is 6. The molecule has 188 valence electrons. The van der Waals surface area contributed by atoms with Crippen molar-refractivity contribution in [1.29, 1.82) is 0 Å². The maximum absolute atomic E-state index is 14.0. The summed E-state index contributed by atoms with van der Waals surface area (Å²) < 4.78 is 12.2. The molecule has 0 radical (unpaired) electrons. The number of fused-ring (bicyclic) bond motifs is 2. The first-order valence-electron chi connectivity index (χ1n) is 12.6. The van der Waals surface area contributed by atoms with E-state index in [1.54, 1.807) is 9.80 Å². The number of esters is 1. The van der Waals surface area contributed by atoms with Gasteiger partial charge in [0.1, 0.15) is 17.6 Å². The van der Waals surface area contributed by atoms with Crippen molar-refractivity contribution in [3.63, 3.8) is 0 Å². The molecule has 0 aromatic carbocycles. The molecule has 1 N–H and O–H groups in total. The summed E-state index contributed by atoms with van der Waals surface area (Å²) in [6.45, 7) is 7.15. The van der Waals surface area contributed by atoms with Gasteiger partial charge in [-0.1, -0.05) is 24.3 Å². The van der Waals surface area contributed by atoms with Crippen molar-refractivity contribution in [3.8, 4) is 0 Å². The normalized spacial score (nSPS) is 34.9. The smallest absolute Gasteiger partial charge is 0.312 e. The standard InChI is InChI=1S/C26H38N2O6/c1-25(2,3)28-15-11-13-26-20(19-18(34-26)12-7-4-5-10-17-33-24(19)32)22(30)27(21(26)23(28)31)14-8-6-9-16-29/h7,11-13,18-21,29H,4-6,8-10,14-17H2,1-3H3/b12-7-/t18-,19+,20-,21?,26-/m0/s1. The van der Waals surface area contributed by atoms with Gasteiger partial charge in [-0.25, -0.2) is 0 Å². The molecule has 4 aliphatic heterocycles. The first kappa shape index (κ1) is 24.9. The Morgan fingerprint density at radius 1 is 1.09 bits per heavy atom. The van der Waals surface area contributed by atoms with Gasteiger partial charge in [-0.15, -0.1) is 0 Å². The molecule has 2 fully saturated rings. The summed E-state index contributed by atoms with van der Waals surface area (Å²) in [5, 5.41) is 9.15. The SMILES string of the molecule is CC(C)(C)N1CC=C[C@]23O[C@H]4/C=C\CCCCOC(=O)[C@H]4[C@H]2C(=O)N(CCCCCO)C3C1=O. The van der Waals surface area contributed by atoms with Gasteiger partial charge in [-0.2, -0.15) is 0 Å². The summed E-state index contributed by atoms with van der Waals surface area (Å²) in [6.07, 6.45) is 11.6. The lowest BCUT2D eigenvalue weighted by molar-refractivity contribution is -0.155. The van der Waals surface area contributed by atoms with Crippen molar-refractivity contribution in [2.24, 2.45) is 11.8 Å². The van der Waals surface area contributed by atoms with Crippen molar-refractivity contribution < 1.29 is 29.0 Å². The van der Waals surface area contributed by atoms with Gasteiger partial charge in [0.2, 0.25) is 11.8 Å². The summed E-state index contributed by atoms with van der Waals surface area (Å²) in [6, 6.07) is -0.837. The van der Waals surface area contributed by atoms with E-state index in [4.69, 9.17) is 14.6 Å². The van der Waals surface area contributed by atoms with E-state index in [1.807, 2.05) is 45.1 Å². The van der Waals surface area contributed by atoms with Crippen LogP contribution in [0.1, 0.15) is 59.3 Å². The minimum atomic E-state index is -1.21. The third-order valence-corrected chi connectivity index (χ3v) is 7.47. The number of unbranched alkanes of at least 4 members (excludes halogenated alkanes) is 2. The van der Waals surface area contributed by atoms with E-state index in [9.17, 15) is 14.4 Å². The van der Waals surface area contributed by atoms with Crippen LogP contribution in [0, 0.1) is 11.8 Å². The molecule has 2 saturated heterocycles. The topological polar surface area (TPSA) is 96.4 Å². The molecule has 8 heteroatoms. The van der Waals surface area contributed by atoms with E-state index in [-0.39, 0.29) is 18.4 Å². The zero-order chi connectivity index (χ0) is 24.5. The predicted octanol–water partition coefficient (Wildman–Crippen LogP) is 2.21. The zero-order valence-corrected chi connectivity index (χ0v) is 20.6. The van der Waals surface area contributed by atoms with Crippen molar-refractivity contribution in [2.75, 3.05) is 26.3 Å². The third-order valence-electron chi connectivity index (χ3n) is 7.47. The van der Waals surface area contributed by atoms with Crippen LogP contribution in [-0.4, -0.2) is 82.3 Å². The molecule has 0 aliphatic carbocycles. The second kappa shape index (κ2) is 9.82. The van der Waals surface area contributed by atoms with Gasteiger partial charge in [-0.05, 0) is 59.3 Å². The van der Waals surface area contributed by atoms with E-state index in [0.717, 1.165) is 25.7 Å². The van der Waals surface area contributed by atoms with E-state index >= 15 is 0 Å². The number of hydrogen-bond donors (Lipinski definition) is 1. The van der Waals surface area contributed by atoms with Crippen LogP contribution in [0.25, 0.3) is 0 Å². The van der Waals surface area contributed by atoms with Crippen molar-refractivity contribution in [2.45, 2.75) is 82.6 Å². The molecule has 0 aromatic rings. The number of ether oxygens (including phenoxy) is 2. The highest BCUT2D eigenvalue weighted by Gasteiger charge is 2.71. The molecule has 1 spiro atoms. The molecular formula is C26H38N2O6. The van der Waals surface area contributed by atoms with Gasteiger partial charge >= 0.3 is 5.97 Å². The highest BCUT2D eigenvalue weighted by atomic mass is 16.6. The van der Waals surface area contributed by atoms with Crippen LogP contribution in [-0.2, 0) is 23.9 Å². The van der Waals surface area contributed by atoms with Crippen LogP contribution >= 0.6 is 0 Å². The number of likely N-dealkylation sites (tertiary alicyclic amines) is 1. The number of carbonyl (C=O) groups is 3. The molecule has 0 saturated carbocycles. The fraction of sp³-hybridized carbons (Fsp3) is 0.731. The highest BCUT2D eigenvalue weighted by molar-refractivity contribution is 5.99. The number of rotatable bonds is 5. The van der Waals surface area contributed by atoms with Crippen LogP contribution in [0.15, 0.2) is 24.3 Å². The highest BCUT2D eigenvalue weighted by Crippen LogP contribution is 2.53. The largest absolute Gasteiger partial charge is 0.465 e. The Morgan fingerprint density at radius 3 is 2.62 bits per heavy atom. The number of allylic oxidation sites excluding steroid dienone is 1. The van der Waals surface area contributed by atoms with Gasteiger partial charge in [0.05, 0.1) is 18.6 Å². The lowest BCUT2D eigenvalue weighted by atomic mass is 9.77. The Labute approximate surface area is 201 Å². The molecule has 8 nitrogen and oxygen atoms in total. The summed E-state index contributed by atoms with van der Waals surface area (Å²) >= 11 is 0. The predicted molar refractivity (Wildman–Crippen MR) is 126 cm³/mol. The van der Waals surface area contributed by atoms with Crippen LogP contribution in [0.5, 0.6) is 0 Å². The van der Waals surface area contributed by atoms with Crippen LogP contribution in [0.2, 0.25) is 0 Å². The number of aliphatic hydroxyl groups is 1. The molecule has 4 heterocycles. The van der Waals surface area contributed by atoms with Crippen LogP contribution in [0.3, 0.4) is 0 Å². The van der Waals surface area contributed by atoms with Crippen LogP contribution in [0.4, 0.5) is 0 Å². The minimum Gasteiger partial charge on any atom is -0.465 e. The van der Waals surface area contributed by atoms with Gasteiger partial charge in [0.15, 0.2) is 0 Å². The van der Waals surface area contributed by atoms with E-state index in [2.05, 4.69) is 0 Å². The van der Waals surface area contributed by atoms with Crippen LogP contribution < -0.4 is 0 Å². The number of amides is 2. The lowest BCUT2D eigenvalue weighted by Crippen LogP contribution is -2.58. The fourth-order valence-corrected chi connectivity index (χ4v) is 5.83. The summed E-state index contributed by atoms with van der Waals surface area (Å²) in [5.41, 5.74) is -1.65. The van der Waals surface area contributed by atoms with E-state index < -0.39 is 41.1 Å². The molecule has 2 amide bonds. The van der Waals surface area contributed by atoms with Gasteiger partial charge in [0.25, 0.3) is 0 Å². The lowest BCUT2D eigenvalue weighted by Gasteiger charge is -2.40. The second-order valence-electron chi connectivity index (χ2n) is 10.8. The summed E-state index contributed by atoms with van der Waals surface area (Å²) in [7, 11) is 0. The van der Waals surface area contributed by atoms with Gasteiger partial charge in [-0.3, -0.25) is 14.4 Å². The molecule has 4 aliphatic rings. The zero-order valence-electron chi connectivity index (χ0n) is 20.6. The fourth-order valence-electron chi connectivity index (χ4n) is 5.83. The molecule has 5 atom stereocenters. The number of nitrogens with zero attached hydrogens (tertiary/aromatic N) is 2. The van der Waals surface area contributed by atoms with E-state index in [0.29, 0.717) is 32.5 Å². The summed E-state index contributed by atoms with van der Waals surface area (Å²) in [5.74, 6) is -2.40. The Hall–Kier alpha value is -2.19. The minimum absolute atomic E-state index is 0.0917. The van der Waals surface area contributed by atoms with Gasteiger partial charge < -0.3 is 24.4 Å². The Balaban J connectivity index is 1.76. The van der Waals surface area contributed by atoms with Gasteiger partial charge in [0, 0.05) is 25.2 Å². The maximum Gasteiger partial charge on any atom is 0.312 e. The van der Waals surface area contributed by atoms with Crippen molar-refractivity contribution >= 4 is 17.8 Å². The number of aliphatic hydroxyl groups excluding tert-OH is 1. The second-order valence-corrected chi connectivity index (χ2v) is 10.8. The first-order valence-corrected chi connectivity index (χ1v) is 12.6. The number of carbonyl (C=O) groups excluding carboxylic acids is 3. The molecular weight excluding hydrogens is 436 g/mol. The quantitative estimate of drug-likeness (QED) is 0.373. The maximum atomic E-state index is 14.0. The van der Waals surface area contributed by atoms with Crippen molar-refractivity contribution in [3.05, 3.63) is 24.3 Å². The molecule has 34 heavy (non-hydrogen) atoms. The Morgan fingerprint density at radius 2 is 1.88 bits per heavy atom. The number of cyclic esters (lactones) is 1. The monoisotopic (exact) mass is 474 g/mol. The molecule has 1 unspecified atom stereocenters. The third kappa shape index (κ3) is 4.31.